The number of nitrogens with one attached hydrogen (secondary N) is 1. The van der Waals surface area contributed by atoms with Gasteiger partial charge in [0.15, 0.2) is 0 Å². The number of fused-ring (bicyclic) bond motifs is 3. The Labute approximate surface area is 68.4 Å². The maximum Gasteiger partial charge on any atom is 0.136 e. The molecule has 1 aliphatic heterocycles. The average Bonchev–Trinajstić information content (AvgIpc) is 2.62. The molecule has 0 saturated carbocycles. The molecule has 0 aromatic carbocycles. The van der Waals surface area contributed by atoms with E-state index in [4.69, 9.17) is 4.42 Å². The molecular weight excluding hydrogens is 152 g/mol. The number of aromatic amines is 1. The van der Waals surface area contributed by atoms with Crippen LogP contribution in [0, 0.1) is 0 Å². The number of aromatic nitrogens is 2. The minimum atomic E-state index is 0.911. The molecule has 0 spiro atoms. The van der Waals surface area contributed by atoms with Gasteiger partial charge in [-0.1, -0.05) is 0 Å². The van der Waals surface area contributed by atoms with Gasteiger partial charge in [0.1, 0.15) is 5.58 Å². The van der Waals surface area contributed by atoms with E-state index in [1.807, 2.05) is 18.3 Å². The first-order chi connectivity index (χ1) is 5.95. The number of hydrogen-bond acceptors (Lipinski definition) is 2. The third-order valence-electron chi connectivity index (χ3n) is 2.05. The lowest BCUT2D eigenvalue weighted by molar-refractivity contribution is 0.616. The molecule has 2 aliphatic rings. The highest BCUT2D eigenvalue weighted by molar-refractivity contribution is 5.97. The molecule has 3 nitrogen and oxygen atoms in total. The van der Waals surface area contributed by atoms with Crippen LogP contribution in [0.3, 0.4) is 0 Å². The normalized spacial score (nSPS) is 11.3. The highest BCUT2D eigenvalue weighted by atomic mass is 16.3. The van der Waals surface area contributed by atoms with Crippen LogP contribution in [0.4, 0.5) is 0 Å². The van der Waals surface area contributed by atoms with Crippen molar-refractivity contribution in [3.8, 4) is 11.3 Å². The Kier molecular flexibility index (Phi) is 0.913. The largest absolute Gasteiger partial charge is 0.464 e. The summed E-state index contributed by atoms with van der Waals surface area (Å²) in [5, 5.41) is 1.12. The summed E-state index contributed by atoms with van der Waals surface area (Å²) in [6.07, 6.45) is 5.20. The predicted octanol–water partition coefficient (Wildman–Crippen LogP) is 2.26. The quantitative estimate of drug-likeness (QED) is 0.545. The third-order valence-corrected chi connectivity index (χ3v) is 2.05. The van der Waals surface area contributed by atoms with Gasteiger partial charge in [0.25, 0.3) is 0 Å². The van der Waals surface area contributed by atoms with Crippen molar-refractivity contribution in [1.82, 2.24) is 9.97 Å². The van der Waals surface area contributed by atoms with Gasteiger partial charge in [-0.15, -0.1) is 0 Å². The van der Waals surface area contributed by atoms with Gasteiger partial charge in [0, 0.05) is 23.2 Å². The number of rotatable bonds is 0. The Balaban J connectivity index is 2.60. The molecule has 3 rings (SSSR count). The third kappa shape index (κ3) is 0.580. The molecular formula is C9H6N2O. The highest BCUT2D eigenvalue weighted by Crippen LogP contribution is 2.31. The van der Waals surface area contributed by atoms with E-state index in [1.54, 1.807) is 12.6 Å². The summed E-state index contributed by atoms with van der Waals surface area (Å²) in [6, 6.07) is 3.93. The minimum Gasteiger partial charge on any atom is -0.464 e. The smallest absolute Gasteiger partial charge is 0.136 e. The van der Waals surface area contributed by atoms with Gasteiger partial charge >= 0.3 is 0 Å². The van der Waals surface area contributed by atoms with Crippen molar-refractivity contribution < 1.29 is 4.42 Å². The van der Waals surface area contributed by atoms with Crippen LogP contribution in [0.25, 0.3) is 22.2 Å². The average molecular weight is 158 g/mol. The van der Waals surface area contributed by atoms with E-state index in [1.165, 1.54) is 0 Å². The first kappa shape index (κ1) is 5.83. The van der Waals surface area contributed by atoms with Crippen LogP contribution < -0.4 is 0 Å². The molecule has 0 fully saturated rings. The fourth-order valence-corrected chi connectivity index (χ4v) is 1.49. The van der Waals surface area contributed by atoms with Crippen molar-refractivity contribution in [1.29, 1.82) is 0 Å². The van der Waals surface area contributed by atoms with Gasteiger partial charge in [-0.05, 0) is 6.07 Å². The number of nitrogens with zero attached hydrogens (tertiary/aromatic N) is 1. The Morgan fingerprint density at radius 1 is 1.42 bits per heavy atom. The Hall–Kier alpha value is -1.77. The molecule has 3 heteroatoms. The SMILES string of the molecule is c1ncc2c3ccoc3cc-2[nH]1. The first-order valence-electron chi connectivity index (χ1n) is 3.73. The van der Waals surface area contributed by atoms with Crippen molar-refractivity contribution >= 4 is 11.0 Å². The molecule has 1 aromatic heterocycles. The molecule has 58 valence electrons. The van der Waals surface area contributed by atoms with Crippen molar-refractivity contribution in [2.75, 3.05) is 0 Å². The van der Waals surface area contributed by atoms with Crippen molar-refractivity contribution in [3.05, 3.63) is 30.9 Å². The van der Waals surface area contributed by atoms with E-state index in [2.05, 4.69) is 9.97 Å². The van der Waals surface area contributed by atoms with E-state index in [0.717, 1.165) is 22.2 Å². The minimum absolute atomic E-state index is 0.911. The molecule has 1 aromatic rings. The lowest BCUT2D eigenvalue weighted by Gasteiger charge is -1.94. The fraction of sp³-hybridized carbons (Fsp3) is 0. The monoisotopic (exact) mass is 158 g/mol. The van der Waals surface area contributed by atoms with E-state index >= 15 is 0 Å². The summed E-state index contributed by atoms with van der Waals surface area (Å²) in [4.78, 5) is 7.07. The maximum absolute atomic E-state index is 5.26. The molecule has 0 atom stereocenters. The fourth-order valence-electron chi connectivity index (χ4n) is 1.49. The first-order valence-corrected chi connectivity index (χ1v) is 3.73. The summed E-state index contributed by atoms with van der Waals surface area (Å²) in [7, 11) is 0. The van der Waals surface area contributed by atoms with Crippen molar-refractivity contribution in [2.45, 2.75) is 0 Å². The van der Waals surface area contributed by atoms with Gasteiger partial charge in [-0.25, -0.2) is 4.98 Å². The van der Waals surface area contributed by atoms with E-state index in [0.29, 0.717) is 0 Å². The summed E-state index contributed by atoms with van der Waals surface area (Å²) in [6.45, 7) is 0. The van der Waals surface area contributed by atoms with Gasteiger partial charge in [-0.3, -0.25) is 0 Å². The second-order valence-electron chi connectivity index (χ2n) is 2.72. The molecule has 12 heavy (non-hydrogen) atoms. The lowest BCUT2D eigenvalue weighted by Crippen LogP contribution is -1.80. The topological polar surface area (TPSA) is 41.8 Å². The Bertz CT molecular complexity index is 494. The van der Waals surface area contributed by atoms with Crippen LogP contribution in [-0.4, -0.2) is 9.97 Å². The second kappa shape index (κ2) is 1.88. The van der Waals surface area contributed by atoms with E-state index < -0.39 is 0 Å². The van der Waals surface area contributed by atoms with Crippen LogP contribution in [0.1, 0.15) is 0 Å². The molecule has 2 heterocycles. The highest BCUT2D eigenvalue weighted by Gasteiger charge is 2.10. The van der Waals surface area contributed by atoms with Gasteiger partial charge in [0.05, 0.1) is 18.3 Å². The number of H-pyrrole nitrogens is 1. The molecule has 0 bridgehead atoms. The number of furan rings is 1. The van der Waals surface area contributed by atoms with Crippen LogP contribution >= 0.6 is 0 Å². The molecule has 1 aliphatic carbocycles. The van der Waals surface area contributed by atoms with E-state index in [9.17, 15) is 0 Å². The summed E-state index contributed by atoms with van der Waals surface area (Å²) < 4.78 is 5.26. The summed E-state index contributed by atoms with van der Waals surface area (Å²) >= 11 is 0. The van der Waals surface area contributed by atoms with Gasteiger partial charge < -0.3 is 9.40 Å². The van der Waals surface area contributed by atoms with Gasteiger partial charge in [-0.2, -0.15) is 0 Å². The molecule has 0 amide bonds. The van der Waals surface area contributed by atoms with Crippen LogP contribution in [-0.2, 0) is 0 Å². The molecule has 0 saturated heterocycles. The van der Waals surface area contributed by atoms with Crippen molar-refractivity contribution in [3.63, 3.8) is 0 Å². The van der Waals surface area contributed by atoms with Crippen LogP contribution in [0.5, 0.6) is 0 Å². The molecule has 1 N–H and O–H groups in total. The zero-order valence-corrected chi connectivity index (χ0v) is 6.24. The maximum atomic E-state index is 5.26. The Morgan fingerprint density at radius 3 is 3.42 bits per heavy atom. The van der Waals surface area contributed by atoms with Crippen LogP contribution in [0.2, 0.25) is 0 Å². The number of hydrogen-bond donors (Lipinski definition) is 1. The molecule has 0 unspecified atom stereocenters. The zero-order chi connectivity index (χ0) is 7.97. The van der Waals surface area contributed by atoms with Crippen molar-refractivity contribution in [2.24, 2.45) is 0 Å². The zero-order valence-electron chi connectivity index (χ0n) is 6.24. The summed E-state index contributed by atoms with van der Waals surface area (Å²) in [5.41, 5.74) is 3.09. The summed E-state index contributed by atoms with van der Waals surface area (Å²) in [5.74, 6) is 0. The van der Waals surface area contributed by atoms with Gasteiger partial charge in [0.2, 0.25) is 0 Å². The standard InChI is InChI=1S/C9H6N2O/c1-2-12-9-3-8-7(6(1)9)4-10-5-11-8/h1-5H,(H,10,11). The Morgan fingerprint density at radius 2 is 2.42 bits per heavy atom. The second-order valence-corrected chi connectivity index (χ2v) is 2.72. The van der Waals surface area contributed by atoms with Crippen LogP contribution in [0.15, 0.2) is 35.3 Å². The predicted molar refractivity (Wildman–Crippen MR) is 45.0 cm³/mol. The van der Waals surface area contributed by atoms with E-state index in [-0.39, 0.29) is 0 Å². The molecule has 0 radical (unpaired) electrons. The lowest BCUT2D eigenvalue weighted by atomic mass is 10.2.